The van der Waals surface area contributed by atoms with Gasteiger partial charge in [0.2, 0.25) is 0 Å². The van der Waals surface area contributed by atoms with Crippen molar-refractivity contribution in [1.29, 1.82) is 0 Å². The van der Waals surface area contributed by atoms with Gasteiger partial charge in [-0.2, -0.15) is 0 Å². The van der Waals surface area contributed by atoms with Gasteiger partial charge < -0.3 is 20.1 Å². The molecule has 1 saturated heterocycles. The minimum atomic E-state index is -3.12. The second-order valence-electron chi connectivity index (χ2n) is 7.01. The highest BCUT2D eigenvalue weighted by molar-refractivity contribution is 5.68. The molecule has 2 N–H and O–H groups in total. The van der Waals surface area contributed by atoms with E-state index in [0.29, 0.717) is 13.1 Å². The summed E-state index contributed by atoms with van der Waals surface area (Å²) in [6.07, 6.45) is 1.34. The van der Waals surface area contributed by atoms with Gasteiger partial charge >= 0.3 is 6.09 Å². The number of halogens is 2. The van der Waals surface area contributed by atoms with Crippen LogP contribution in [0.2, 0.25) is 0 Å². The van der Waals surface area contributed by atoms with Crippen molar-refractivity contribution >= 4 is 6.09 Å². The van der Waals surface area contributed by atoms with Gasteiger partial charge in [0, 0.05) is 19.1 Å². The van der Waals surface area contributed by atoms with Gasteiger partial charge in [0.05, 0.1) is 6.54 Å². The minimum absolute atomic E-state index is 0.0933. The van der Waals surface area contributed by atoms with Crippen molar-refractivity contribution in [3.63, 3.8) is 0 Å². The molecule has 2 atom stereocenters. The lowest BCUT2D eigenvalue weighted by Crippen LogP contribution is -2.50. The second kappa shape index (κ2) is 7.55. The van der Waals surface area contributed by atoms with Gasteiger partial charge in [-0.1, -0.05) is 0 Å². The number of nitrogens with one attached hydrogen (secondary N) is 1. The first-order valence-corrected chi connectivity index (χ1v) is 7.74. The number of aliphatic hydroxyl groups excluding tert-OH is 1. The van der Waals surface area contributed by atoms with E-state index in [0.717, 1.165) is 12.8 Å². The zero-order valence-corrected chi connectivity index (χ0v) is 13.9. The fourth-order valence-electron chi connectivity index (χ4n) is 2.44. The summed E-state index contributed by atoms with van der Waals surface area (Å²) in [6.45, 7) is 6.67. The predicted molar refractivity (Wildman–Crippen MR) is 80.0 cm³/mol. The number of ether oxygens (including phenoxy) is 1. The van der Waals surface area contributed by atoms with Crippen molar-refractivity contribution < 1.29 is 23.4 Å². The number of hydrogen-bond donors (Lipinski definition) is 2. The molecule has 22 heavy (non-hydrogen) atoms. The van der Waals surface area contributed by atoms with Crippen LogP contribution in [0.3, 0.4) is 0 Å². The molecular weight excluding hydrogens is 294 g/mol. The largest absolute Gasteiger partial charge is 0.444 e. The summed E-state index contributed by atoms with van der Waals surface area (Å²) in [6, 6.07) is -0.164. The van der Waals surface area contributed by atoms with Crippen LogP contribution in [0.25, 0.3) is 0 Å². The first-order chi connectivity index (χ1) is 10.0. The number of hydrogen-bond acceptors (Lipinski definition) is 4. The normalized spacial score (nSPS) is 21.6. The predicted octanol–water partition coefficient (Wildman–Crippen LogP) is 2.24. The summed E-state index contributed by atoms with van der Waals surface area (Å²) in [4.78, 5) is 13.7. The Morgan fingerprint density at radius 3 is 2.64 bits per heavy atom. The number of alkyl halides is 2. The third kappa shape index (κ3) is 6.44. The van der Waals surface area contributed by atoms with Crippen molar-refractivity contribution in [2.75, 3.05) is 26.2 Å². The number of piperidine rings is 1. The average Bonchev–Trinajstić information content (AvgIpc) is 2.43. The van der Waals surface area contributed by atoms with Gasteiger partial charge in [0.15, 0.2) is 0 Å². The minimum Gasteiger partial charge on any atom is -0.444 e. The number of carbonyl (C=O) groups is 1. The molecule has 1 amide bonds. The zero-order chi connectivity index (χ0) is 17.0. The van der Waals surface area contributed by atoms with Gasteiger partial charge in [-0.25, -0.2) is 13.6 Å². The first-order valence-electron chi connectivity index (χ1n) is 7.74. The zero-order valence-electron chi connectivity index (χ0n) is 13.9. The van der Waals surface area contributed by atoms with Crippen LogP contribution in [0, 0.1) is 5.92 Å². The van der Waals surface area contributed by atoms with Crippen molar-refractivity contribution in [1.82, 2.24) is 10.2 Å². The van der Waals surface area contributed by atoms with Crippen LogP contribution in [0.5, 0.6) is 0 Å². The average molecular weight is 322 g/mol. The van der Waals surface area contributed by atoms with Gasteiger partial charge in [-0.3, -0.25) is 0 Å². The highest BCUT2D eigenvalue weighted by Gasteiger charge is 2.32. The van der Waals surface area contributed by atoms with Crippen LogP contribution in [0.1, 0.15) is 40.5 Å². The number of likely N-dealkylation sites (tertiary alicyclic amines) is 1. The Bertz CT molecular complexity index is 372. The van der Waals surface area contributed by atoms with Gasteiger partial charge in [-0.05, 0) is 46.5 Å². The number of carbonyl (C=O) groups excluding carboxylic acids is 1. The third-order valence-corrected chi connectivity index (χ3v) is 3.73. The summed E-state index contributed by atoms with van der Waals surface area (Å²) in [5, 5.41) is 11.3. The molecule has 1 rings (SSSR count). The molecule has 5 nitrogen and oxygen atoms in total. The molecule has 1 heterocycles. The van der Waals surface area contributed by atoms with E-state index in [9.17, 15) is 13.6 Å². The summed E-state index contributed by atoms with van der Waals surface area (Å²) in [5.41, 5.74) is -0.545. The maximum absolute atomic E-state index is 13.1. The quantitative estimate of drug-likeness (QED) is 0.815. The molecule has 0 aromatic carbocycles. The highest BCUT2D eigenvalue weighted by atomic mass is 19.3. The molecule has 2 unspecified atom stereocenters. The molecule has 1 aliphatic heterocycles. The summed E-state index contributed by atoms with van der Waals surface area (Å²) >= 11 is 0. The Morgan fingerprint density at radius 2 is 2.09 bits per heavy atom. The van der Waals surface area contributed by atoms with Crippen LogP contribution < -0.4 is 5.32 Å². The lowest BCUT2D eigenvalue weighted by atomic mass is 9.91. The van der Waals surface area contributed by atoms with E-state index in [1.165, 1.54) is 0 Å². The van der Waals surface area contributed by atoms with Crippen molar-refractivity contribution in [2.24, 2.45) is 5.92 Å². The maximum Gasteiger partial charge on any atom is 0.410 e. The summed E-state index contributed by atoms with van der Waals surface area (Å²) in [7, 11) is 0. The molecule has 0 aromatic rings. The lowest BCUT2D eigenvalue weighted by molar-refractivity contribution is -0.0509. The van der Waals surface area contributed by atoms with Crippen LogP contribution in [-0.2, 0) is 4.74 Å². The van der Waals surface area contributed by atoms with Gasteiger partial charge in [0.1, 0.15) is 12.2 Å². The molecule has 0 aliphatic carbocycles. The number of rotatable bonds is 5. The van der Waals surface area contributed by atoms with Crippen LogP contribution in [0.4, 0.5) is 13.6 Å². The number of aliphatic hydroxyl groups is 1. The SMILES string of the molecule is CC(NCC(F)(F)CO)C1CCCN(C(=O)OC(C)(C)C)C1. The number of nitrogens with zero attached hydrogens (tertiary/aromatic N) is 1. The maximum atomic E-state index is 13.1. The summed E-state index contributed by atoms with van der Waals surface area (Å²) in [5.74, 6) is -3.02. The van der Waals surface area contributed by atoms with E-state index in [-0.39, 0.29) is 18.1 Å². The molecular formula is C15H28F2N2O3. The van der Waals surface area contributed by atoms with Crippen LogP contribution in [-0.4, -0.2) is 59.9 Å². The Hall–Kier alpha value is -0.950. The molecule has 0 radical (unpaired) electrons. The lowest BCUT2D eigenvalue weighted by Gasteiger charge is -2.37. The Morgan fingerprint density at radius 1 is 1.45 bits per heavy atom. The second-order valence-corrected chi connectivity index (χ2v) is 7.01. The molecule has 0 saturated carbocycles. The molecule has 0 aromatic heterocycles. The fourth-order valence-corrected chi connectivity index (χ4v) is 2.44. The monoisotopic (exact) mass is 322 g/mol. The van der Waals surface area contributed by atoms with E-state index in [2.05, 4.69) is 5.32 Å². The van der Waals surface area contributed by atoms with Crippen molar-refractivity contribution in [3.05, 3.63) is 0 Å². The van der Waals surface area contributed by atoms with Crippen molar-refractivity contribution in [2.45, 2.75) is 58.1 Å². The van der Waals surface area contributed by atoms with Crippen LogP contribution in [0.15, 0.2) is 0 Å². The smallest absolute Gasteiger partial charge is 0.410 e. The van der Waals surface area contributed by atoms with Gasteiger partial charge in [0.25, 0.3) is 5.92 Å². The molecule has 0 spiro atoms. The Kier molecular flexibility index (Phi) is 6.55. The number of amides is 1. The molecule has 1 aliphatic rings. The standard InChI is InChI=1S/C15H28F2N2O3/c1-11(18-9-15(16,17)10-20)12-6-5-7-19(8-12)13(21)22-14(2,3)4/h11-12,18,20H,5-10H2,1-4H3. The van der Waals surface area contributed by atoms with E-state index in [1.54, 1.807) is 4.90 Å². The van der Waals surface area contributed by atoms with Gasteiger partial charge in [-0.15, -0.1) is 0 Å². The molecule has 7 heteroatoms. The van der Waals surface area contributed by atoms with Crippen LogP contribution >= 0.6 is 0 Å². The molecule has 1 fully saturated rings. The van der Waals surface area contributed by atoms with E-state index in [4.69, 9.17) is 9.84 Å². The Balaban J connectivity index is 2.50. The molecule has 0 bridgehead atoms. The van der Waals surface area contributed by atoms with E-state index < -0.39 is 24.7 Å². The molecule has 130 valence electrons. The Labute approximate surface area is 131 Å². The van der Waals surface area contributed by atoms with E-state index in [1.807, 2.05) is 27.7 Å². The third-order valence-electron chi connectivity index (χ3n) is 3.73. The van der Waals surface area contributed by atoms with E-state index >= 15 is 0 Å². The topological polar surface area (TPSA) is 61.8 Å². The fraction of sp³-hybridized carbons (Fsp3) is 0.933. The highest BCUT2D eigenvalue weighted by Crippen LogP contribution is 2.22. The summed E-state index contributed by atoms with van der Waals surface area (Å²) < 4.78 is 31.5. The first kappa shape index (κ1) is 19.1. The van der Waals surface area contributed by atoms with Crippen molar-refractivity contribution in [3.8, 4) is 0 Å².